The number of hydrogen-bond acceptors (Lipinski definition) is 5. The Morgan fingerprint density at radius 3 is 2.55 bits per heavy atom. The number of halogens is 2. The predicted molar refractivity (Wildman–Crippen MR) is 120 cm³/mol. The fourth-order valence-corrected chi connectivity index (χ4v) is 3.75. The molecule has 33 heavy (non-hydrogen) atoms. The molecule has 0 unspecified atom stereocenters. The van der Waals surface area contributed by atoms with Gasteiger partial charge in [0.05, 0.1) is 0 Å². The summed E-state index contributed by atoms with van der Waals surface area (Å²) in [5, 5.41) is 9.00. The molecule has 0 amide bonds. The van der Waals surface area contributed by atoms with Crippen LogP contribution in [0.25, 0.3) is 33.7 Å². The lowest BCUT2D eigenvalue weighted by molar-refractivity contribution is -0.138. The summed E-state index contributed by atoms with van der Waals surface area (Å²) in [4.78, 5) is 15.6. The quantitative estimate of drug-likeness (QED) is 0.371. The Morgan fingerprint density at radius 2 is 1.85 bits per heavy atom. The second-order valence-corrected chi connectivity index (χ2v) is 7.65. The van der Waals surface area contributed by atoms with Gasteiger partial charge in [-0.25, -0.2) is 4.98 Å². The Bertz CT molecular complexity index is 1290. The number of ether oxygens (including phenoxy) is 1. The topological polar surface area (TPSA) is 98.6 Å². The van der Waals surface area contributed by atoms with Gasteiger partial charge < -0.3 is 20.0 Å². The lowest BCUT2D eigenvalue weighted by Gasteiger charge is -2.11. The highest BCUT2D eigenvalue weighted by molar-refractivity contribution is 5.82. The Morgan fingerprint density at radius 1 is 1.12 bits per heavy atom. The van der Waals surface area contributed by atoms with Crippen LogP contribution < -0.4 is 10.5 Å². The van der Waals surface area contributed by atoms with Crippen LogP contribution in [0.3, 0.4) is 0 Å². The maximum absolute atomic E-state index is 13.0. The van der Waals surface area contributed by atoms with Gasteiger partial charge in [-0.1, -0.05) is 42.5 Å². The van der Waals surface area contributed by atoms with Gasteiger partial charge in [-0.2, -0.15) is 8.78 Å². The molecule has 0 saturated heterocycles. The average Bonchev–Trinajstić information content (AvgIpc) is 3.20. The number of nitrogens with zero attached hydrogens (tertiary/aromatic N) is 1. The van der Waals surface area contributed by atoms with Crippen molar-refractivity contribution in [2.75, 3.05) is 0 Å². The summed E-state index contributed by atoms with van der Waals surface area (Å²) >= 11 is 0. The molecule has 0 spiro atoms. The Hall–Kier alpha value is -3.78. The van der Waals surface area contributed by atoms with E-state index in [-0.39, 0.29) is 24.2 Å². The fraction of sp³-hybridized carbons (Fsp3) is 0.200. The molecule has 0 aliphatic rings. The highest BCUT2D eigenvalue weighted by Crippen LogP contribution is 2.35. The van der Waals surface area contributed by atoms with Crippen LogP contribution in [0.5, 0.6) is 5.75 Å². The molecule has 4 rings (SSSR count). The molecule has 6 nitrogen and oxygen atoms in total. The van der Waals surface area contributed by atoms with Crippen molar-refractivity contribution in [3.05, 3.63) is 71.8 Å². The van der Waals surface area contributed by atoms with Gasteiger partial charge in [0.1, 0.15) is 17.3 Å². The number of aromatic nitrogens is 1. The zero-order chi connectivity index (χ0) is 23.5. The molecule has 0 saturated carbocycles. The maximum atomic E-state index is 13.0. The Balaban J connectivity index is 1.74. The zero-order valence-corrected chi connectivity index (χ0v) is 17.8. The highest BCUT2D eigenvalue weighted by Gasteiger charge is 2.19. The van der Waals surface area contributed by atoms with E-state index in [1.54, 1.807) is 6.07 Å². The largest absolute Gasteiger partial charge is 0.480 e. The molecule has 1 atom stereocenters. The van der Waals surface area contributed by atoms with Gasteiger partial charge in [-0.05, 0) is 54.2 Å². The smallest absolute Gasteiger partial charge is 0.387 e. The molecule has 0 aliphatic heterocycles. The summed E-state index contributed by atoms with van der Waals surface area (Å²) in [5.41, 5.74) is 10.5. The number of benzene rings is 3. The number of hydrogen-bond donors (Lipinski definition) is 2. The van der Waals surface area contributed by atoms with E-state index in [0.717, 1.165) is 22.3 Å². The van der Waals surface area contributed by atoms with Crippen molar-refractivity contribution in [2.24, 2.45) is 5.73 Å². The highest BCUT2D eigenvalue weighted by atomic mass is 19.3. The average molecular weight is 452 g/mol. The van der Waals surface area contributed by atoms with Gasteiger partial charge in [-0.15, -0.1) is 0 Å². The van der Waals surface area contributed by atoms with E-state index in [1.807, 2.05) is 55.5 Å². The molecule has 1 aromatic heterocycles. The maximum Gasteiger partial charge on any atom is 0.387 e. The number of aliphatic carboxylic acids is 1. The van der Waals surface area contributed by atoms with E-state index in [4.69, 9.17) is 15.3 Å². The molecule has 1 heterocycles. The van der Waals surface area contributed by atoms with Crippen LogP contribution in [0.4, 0.5) is 8.78 Å². The molecule has 170 valence electrons. The molecule has 0 radical (unpaired) electrons. The van der Waals surface area contributed by atoms with Gasteiger partial charge in [0.15, 0.2) is 5.58 Å². The molecule has 3 N–H and O–H groups in total. The number of fused-ring (bicyclic) bond motifs is 1. The molecule has 8 heteroatoms. The van der Waals surface area contributed by atoms with Crippen molar-refractivity contribution in [1.82, 2.24) is 4.98 Å². The summed E-state index contributed by atoms with van der Waals surface area (Å²) in [6.07, 6.45) is 0.194. The standard InChI is InChI=1S/C25H22F2N2O4/c1-14-17(15-6-3-2-4-7-15)8-5-9-18(14)23-29-20-12-16(10-11-19(28)24(30)31)21(33-25(26)27)13-22(20)32-23/h2-9,12-13,19,25H,10-11,28H2,1H3,(H,30,31)/t19-/m0/s1. The Labute approximate surface area is 188 Å². The first kappa shape index (κ1) is 22.4. The second-order valence-electron chi connectivity index (χ2n) is 7.65. The first-order chi connectivity index (χ1) is 15.8. The number of carboxylic acids is 1. The lowest BCUT2D eigenvalue weighted by atomic mass is 9.96. The van der Waals surface area contributed by atoms with Gasteiger partial charge in [0.25, 0.3) is 0 Å². The van der Waals surface area contributed by atoms with Crippen molar-refractivity contribution in [1.29, 1.82) is 0 Å². The van der Waals surface area contributed by atoms with Crippen LogP contribution in [-0.4, -0.2) is 28.7 Å². The zero-order valence-electron chi connectivity index (χ0n) is 17.8. The molecule has 0 bridgehead atoms. The van der Waals surface area contributed by atoms with Crippen molar-refractivity contribution in [2.45, 2.75) is 32.4 Å². The first-order valence-electron chi connectivity index (χ1n) is 10.4. The third-order valence-electron chi connectivity index (χ3n) is 5.48. The third kappa shape index (κ3) is 4.85. The van der Waals surface area contributed by atoms with Crippen LogP contribution in [0, 0.1) is 6.92 Å². The van der Waals surface area contributed by atoms with E-state index in [2.05, 4.69) is 9.72 Å². The molecule has 3 aromatic carbocycles. The van der Waals surface area contributed by atoms with Crippen molar-refractivity contribution < 1.29 is 27.8 Å². The number of nitrogens with two attached hydrogens (primary N) is 1. The molecule has 0 aliphatic carbocycles. The fourth-order valence-electron chi connectivity index (χ4n) is 3.75. The van der Waals surface area contributed by atoms with E-state index >= 15 is 0 Å². The minimum absolute atomic E-state index is 0.0589. The van der Waals surface area contributed by atoms with Crippen molar-refractivity contribution >= 4 is 17.1 Å². The van der Waals surface area contributed by atoms with Crippen LogP contribution in [0.2, 0.25) is 0 Å². The minimum Gasteiger partial charge on any atom is -0.480 e. The lowest BCUT2D eigenvalue weighted by Crippen LogP contribution is -2.30. The van der Waals surface area contributed by atoms with Crippen LogP contribution in [0.1, 0.15) is 17.5 Å². The summed E-state index contributed by atoms with van der Waals surface area (Å²) in [5.74, 6) is -0.903. The van der Waals surface area contributed by atoms with Gasteiger partial charge in [-0.3, -0.25) is 4.79 Å². The summed E-state index contributed by atoms with van der Waals surface area (Å²) < 4.78 is 36.5. The van der Waals surface area contributed by atoms with E-state index in [0.29, 0.717) is 17.0 Å². The molecular formula is C25H22F2N2O4. The number of aryl methyl sites for hydroxylation is 1. The summed E-state index contributed by atoms with van der Waals surface area (Å²) in [6, 6.07) is 17.5. The van der Waals surface area contributed by atoms with Crippen LogP contribution in [0.15, 0.2) is 65.1 Å². The van der Waals surface area contributed by atoms with Gasteiger partial charge in [0.2, 0.25) is 5.89 Å². The summed E-state index contributed by atoms with van der Waals surface area (Å²) in [6.45, 7) is -1.07. The molecular weight excluding hydrogens is 430 g/mol. The Kier molecular flexibility index (Phi) is 6.37. The van der Waals surface area contributed by atoms with Crippen LogP contribution in [-0.2, 0) is 11.2 Å². The number of carboxylic acid groups (broad SMARTS) is 1. The third-order valence-corrected chi connectivity index (χ3v) is 5.48. The van der Waals surface area contributed by atoms with E-state index in [1.165, 1.54) is 6.07 Å². The SMILES string of the molecule is Cc1c(-c2ccccc2)cccc1-c1nc2cc(CC[C@H](N)C(=O)O)c(OC(F)F)cc2o1. The number of alkyl halides is 2. The van der Waals surface area contributed by atoms with Crippen molar-refractivity contribution in [3.63, 3.8) is 0 Å². The normalized spacial score (nSPS) is 12.3. The van der Waals surface area contributed by atoms with Crippen molar-refractivity contribution in [3.8, 4) is 28.3 Å². The van der Waals surface area contributed by atoms with E-state index < -0.39 is 18.6 Å². The number of oxazole rings is 1. The molecule has 0 fully saturated rings. The predicted octanol–water partition coefficient (Wildman–Crippen LogP) is 5.42. The van der Waals surface area contributed by atoms with E-state index in [9.17, 15) is 13.6 Å². The second kappa shape index (κ2) is 9.38. The van der Waals surface area contributed by atoms with Crippen LogP contribution >= 0.6 is 0 Å². The van der Waals surface area contributed by atoms with Gasteiger partial charge in [0, 0.05) is 11.6 Å². The number of carbonyl (C=O) groups is 1. The monoisotopic (exact) mass is 452 g/mol. The first-order valence-corrected chi connectivity index (χ1v) is 10.4. The minimum atomic E-state index is -3.04. The number of rotatable bonds is 8. The summed E-state index contributed by atoms with van der Waals surface area (Å²) in [7, 11) is 0. The van der Waals surface area contributed by atoms with Gasteiger partial charge >= 0.3 is 12.6 Å². The molecule has 4 aromatic rings.